The second-order valence-corrected chi connectivity index (χ2v) is 8.11. The Kier molecular flexibility index (Phi) is 7.16. The highest BCUT2D eigenvalue weighted by molar-refractivity contribution is 5.78. The minimum Gasteiger partial charge on any atom is -0.454 e. The van der Waals surface area contributed by atoms with Crippen molar-refractivity contribution < 1.29 is 23.8 Å². The normalized spacial score (nSPS) is 14.0. The van der Waals surface area contributed by atoms with Crippen molar-refractivity contribution in [2.75, 3.05) is 19.9 Å². The maximum atomic E-state index is 12.6. The zero-order valence-corrected chi connectivity index (χ0v) is 17.7. The third-order valence-corrected chi connectivity index (χ3v) is 4.62. The van der Waals surface area contributed by atoms with E-state index in [1.165, 1.54) is 0 Å². The second kappa shape index (κ2) is 9.17. The van der Waals surface area contributed by atoms with Crippen molar-refractivity contribution in [2.45, 2.75) is 59.5 Å². The number of nitrogens with zero attached hydrogens (tertiary/aromatic N) is 1. The molecule has 28 heavy (non-hydrogen) atoms. The van der Waals surface area contributed by atoms with Gasteiger partial charge in [0.1, 0.15) is 6.61 Å². The number of fused-ring (bicyclic) bond motifs is 1. The molecule has 1 unspecified atom stereocenters. The van der Waals surface area contributed by atoms with Crippen LogP contribution in [0.3, 0.4) is 0 Å². The highest BCUT2D eigenvalue weighted by Gasteiger charge is 2.27. The van der Waals surface area contributed by atoms with Gasteiger partial charge in [0.05, 0.1) is 5.54 Å². The van der Waals surface area contributed by atoms with E-state index in [2.05, 4.69) is 5.32 Å². The van der Waals surface area contributed by atoms with E-state index in [-0.39, 0.29) is 37.4 Å². The summed E-state index contributed by atoms with van der Waals surface area (Å²) in [5.41, 5.74) is 0.435. The van der Waals surface area contributed by atoms with Crippen molar-refractivity contribution in [3.8, 4) is 11.5 Å². The molecule has 1 atom stereocenters. The van der Waals surface area contributed by atoms with Crippen LogP contribution in [0.1, 0.15) is 47.1 Å². The fourth-order valence-corrected chi connectivity index (χ4v) is 2.98. The Morgan fingerprint density at radius 2 is 1.89 bits per heavy atom. The number of ether oxygens (including phenoxy) is 3. The van der Waals surface area contributed by atoms with Crippen molar-refractivity contribution in [2.24, 2.45) is 5.92 Å². The van der Waals surface area contributed by atoms with Crippen LogP contribution in [0.25, 0.3) is 0 Å². The average Bonchev–Trinajstić information content (AvgIpc) is 3.08. The number of benzene rings is 1. The molecular weight excluding hydrogens is 360 g/mol. The topological polar surface area (TPSA) is 77.1 Å². The summed E-state index contributed by atoms with van der Waals surface area (Å²) in [4.78, 5) is 26.2. The first-order valence-corrected chi connectivity index (χ1v) is 9.77. The SMILES string of the molecule is CCN(C(=O)OCC(C)(C)NC(=O)C(C)C)C(C)Cc1ccc2c(c1)OCO2. The molecule has 1 aliphatic rings. The van der Waals surface area contributed by atoms with Gasteiger partial charge >= 0.3 is 6.09 Å². The third-order valence-electron chi connectivity index (χ3n) is 4.62. The van der Waals surface area contributed by atoms with E-state index >= 15 is 0 Å². The second-order valence-electron chi connectivity index (χ2n) is 8.11. The van der Waals surface area contributed by atoms with Crippen LogP contribution < -0.4 is 14.8 Å². The Morgan fingerprint density at radius 1 is 1.21 bits per heavy atom. The number of nitrogens with one attached hydrogen (secondary N) is 1. The Morgan fingerprint density at radius 3 is 2.54 bits per heavy atom. The van der Waals surface area contributed by atoms with Crippen LogP contribution in [-0.4, -0.2) is 48.4 Å². The lowest BCUT2D eigenvalue weighted by Gasteiger charge is -2.31. The molecule has 0 fully saturated rings. The molecule has 0 bridgehead atoms. The van der Waals surface area contributed by atoms with E-state index in [0.29, 0.717) is 13.0 Å². The van der Waals surface area contributed by atoms with E-state index in [0.717, 1.165) is 17.1 Å². The molecule has 0 spiro atoms. The molecule has 1 N–H and O–H groups in total. The molecular formula is C21H32N2O5. The van der Waals surface area contributed by atoms with Crippen LogP contribution in [-0.2, 0) is 16.0 Å². The van der Waals surface area contributed by atoms with E-state index < -0.39 is 5.54 Å². The summed E-state index contributed by atoms with van der Waals surface area (Å²) < 4.78 is 16.3. The number of carbonyl (C=O) groups excluding carboxylic acids is 2. The molecule has 1 heterocycles. The minimum atomic E-state index is -0.628. The molecule has 2 amide bonds. The van der Waals surface area contributed by atoms with Gasteiger partial charge in [0.25, 0.3) is 0 Å². The monoisotopic (exact) mass is 392 g/mol. The van der Waals surface area contributed by atoms with E-state index in [1.54, 1.807) is 4.90 Å². The van der Waals surface area contributed by atoms with Crippen molar-refractivity contribution in [3.63, 3.8) is 0 Å². The molecule has 0 saturated heterocycles. The van der Waals surface area contributed by atoms with Gasteiger partial charge in [-0.2, -0.15) is 0 Å². The van der Waals surface area contributed by atoms with Gasteiger partial charge in [-0.25, -0.2) is 4.79 Å². The van der Waals surface area contributed by atoms with Crippen molar-refractivity contribution >= 4 is 12.0 Å². The molecule has 156 valence electrons. The first kappa shape index (κ1) is 21.9. The summed E-state index contributed by atoms with van der Waals surface area (Å²) in [6.45, 7) is 12.1. The lowest BCUT2D eigenvalue weighted by Crippen LogP contribution is -2.50. The van der Waals surface area contributed by atoms with Gasteiger partial charge in [-0.15, -0.1) is 0 Å². The molecule has 0 aromatic heterocycles. The standard InChI is InChI=1S/C21H32N2O5/c1-7-23(20(25)26-12-21(5,6)22-19(24)14(2)3)15(4)10-16-8-9-17-18(11-16)28-13-27-17/h8-9,11,14-15H,7,10,12-13H2,1-6H3,(H,22,24). The van der Waals surface area contributed by atoms with E-state index in [4.69, 9.17) is 14.2 Å². The van der Waals surface area contributed by atoms with Crippen molar-refractivity contribution in [3.05, 3.63) is 23.8 Å². The van der Waals surface area contributed by atoms with Crippen LogP contribution in [0.5, 0.6) is 11.5 Å². The summed E-state index contributed by atoms with van der Waals surface area (Å²) in [5, 5.41) is 2.90. The summed E-state index contributed by atoms with van der Waals surface area (Å²) in [5.74, 6) is 1.29. The number of carbonyl (C=O) groups is 2. The average molecular weight is 392 g/mol. The van der Waals surface area contributed by atoms with Crippen LogP contribution in [0.2, 0.25) is 0 Å². The van der Waals surface area contributed by atoms with Gasteiger partial charge in [-0.1, -0.05) is 19.9 Å². The zero-order chi connectivity index (χ0) is 20.9. The first-order valence-electron chi connectivity index (χ1n) is 9.77. The summed E-state index contributed by atoms with van der Waals surface area (Å²) >= 11 is 0. The van der Waals surface area contributed by atoms with Crippen LogP contribution in [0.15, 0.2) is 18.2 Å². The summed E-state index contributed by atoms with van der Waals surface area (Å²) in [6.07, 6.45) is 0.287. The lowest BCUT2D eigenvalue weighted by atomic mass is 10.0. The van der Waals surface area contributed by atoms with Gasteiger partial charge in [-0.05, 0) is 51.8 Å². The first-order chi connectivity index (χ1) is 13.1. The fourth-order valence-electron chi connectivity index (χ4n) is 2.98. The van der Waals surface area contributed by atoms with Gasteiger partial charge in [0.15, 0.2) is 11.5 Å². The van der Waals surface area contributed by atoms with Crippen molar-refractivity contribution in [1.82, 2.24) is 10.2 Å². The molecule has 2 rings (SSSR count). The summed E-state index contributed by atoms with van der Waals surface area (Å²) in [7, 11) is 0. The number of amides is 2. The number of hydrogen-bond donors (Lipinski definition) is 1. The van der Waals surface area contributed by atoms with Crippen LogP contribution >= 0.6 is 0 Å². The molecule has 7 nitrogen and oxygen atoms in total. The van der Waals surface area contributed by atoms with Crippen LogP contribution in [0.4, 0.5) is 4.79 Å². The Hall–Kier alpha value is -2.44. The smallest absolute Gasteiger partial charge is 0.410 e. The molecule has 1 aromatic carbocycles. The fraction of sp³-hybridized carbons (Fsp3) is 0.619. The predicted octanol–water partition coefficient (Wildman–Crippen LogP) is 3.36. The molecule has 0 radical (unpaired) electrons. The molecule has 0 saturated carbocycles. The zero-order valence-electron chi connectivity index (χ0n) is 17.7. The molecule has 1 aromatic rings. The van der Waals surface area contributed by atoms with Gasteiger partial charge < -0.3 is 24.4 Å². The maximum absolute atomic E-state index is 12.6. The highest BCUT2D eigenvalue weighted by atomic mass is 16.7. The minimum absolute atomic E-state index is 0.0498. The third kappa shape index (κ3) is 5.78. The maximum Gasteiger partial charge on any atom is 0.410 e. The Balaban J connectivity index is 1.92. The number of hydrogen-bond acceptors (Lipinski definition) is 5. The van der Waals surface area contributed by atoms with Gasteiger partial charge in [0, 0.05) is 18.5 Å². The largest absolute Gasteiger partial charge is 0.454 e. The summed E-state index contributed by atoms with van der Waals surface area (Å²) in [6, 6.07) is 5.76. The molecule has 7 heteroatoms. The quantitative estimate of drug-likeness (QED) is 0.734. The predicted molar refractivity (Wildman–Crippen MR) is 107 cm³/mol. The van der Waals surface area contributed by atoms with Gasteiger partial charge in [0.2, 0.25) is 12.7 Å². The molecule has 0 aliphatic carbocycles. The number of rotatable bonds is 8. The molecule has 1 aliphatic heterocycles. The van der Waals surface area contributed by atoms with E-state index in [1.807, 2.05) is 59.7 Å². The number of likely N-dealkylation sites (N-methyl/N-ethyl adjacent to an activating group) is 1. The van der Waals surface area contributed by atoms with Crippen LogP contribution in [0, 0.1) is 5.92 Å². The van der Waals surface area contributed by atoms with E-state index in [9.17, 15) is 9.59 Å². The van der Waals surface area contributed by atoms with Gasteiger partial charge in [-0.3, -0.25) is 4.79 Å². The lowest BCUT2D eigenvalue weighted by molar-refractivity contribution is -0.126. The Bertz CT molecular complexity index is 702. The Labute approximate surface area is 167 Å². The highest BCUT2D eigenvalue weighted by Crippen LogP contribution is 2.33. The van der Waals surface area contributed by atoms with Crippen molar-refractivity contribution in [1.29, 1.82) is 0 Å².